The summed E-state index contributed by atoms with van der Waals surface area (Å²) in [4.78, 5) is 23.3. The van der Waals surface area contributed by atoms with E-state index in [9.17, 15) is 9.59 Å². The minimum atomic E-state index is -0.619. The Bertz CT molecular complexity index is 417. The van der Waals surface area contributed by atoms with Crippen molar-refractivity contribution in [3.05, 3.63) is 20.8 Å². The SMILES string of the molecule is COC(=O)[C@@H](NC(=O)c1csc(Br)c1)C(C)C. The van der Waals surface area contributed by atoms with Crippen LogP contribution in [0, 0.1) is 5.92 Å². The van der Waals surface area contributed by atoms with Crippen molar-refractivity contribution in [2.75, 3.05) is 7.11 Å². The zero-order valence-electron chi connectivity index (χ0n) is 9.82. The van der Waals surface area contributed by atoms with E-state index < -0.39 is 12.0 Å². The summed E-state index contributed by atoms with van der Waals surface area (Å²) in [5.74, 6) is -0.716. The van der Waals surface area contributed by atoms with Crippen molar-refractivity contribution in [1.82, 2.24) is 5.32 Å². The predicted octanol–water partition coefficient (Wildman–Crippen LogP) is 2.44. The standard InChI is InChI=1S/C11H14BrNO3S/c1-6(2)9(11(15)16-3)13-10(14)7-4-8(12)17-5-7/h4-6,9H,1-3H3,(H,13,14)/t9-/m0/s1. The molecule has 0 aromatic carbocycles. The molecule has 1 amide bonds. The average molecular weight is 320 g/mol. The highest BCUT2D eigenvalue weighted by Gasteiger charge is 2.25. The van der Waals surface area contributed by atoms with Gasteiger partial charge in [-0.3, -0.25) is 4.79 Å². The summed E-state index contributed by atoms with van der Waals surface area (Å²) in [7, 11) is 1.31. The van der Waals surface area contributed by atoms with Crippen LogP contribution in [0.4, 0.5) is 0 Å². The molecule has 0 saturated carbocycles. The number of thiophene rings is 1. The molecule has 0 saturated heterocycles. The van der Waals surface area contributed by atoms with Crippen molar-refractivity contribution >= 4 is 39.1 Å². The van der Waals surface area contributed by atoms with Crippen molar-refractivity contribution in [2.45, 2.75) is 19.9 Å². The second kappa shape index (κ2) is 6.16. The fourth-order valence-corrected chi connectivity index (χ4v) is 2.42. The molecule has 1 rings (SSSR count). The fraction of sp³-hybridized carbons (Fsp3) is 0.455. The number of halogens is 1. The van der Waals surface area contributed by atoms with Crippen LogP contribution in [-0.4, -0.2) is 25.0 Å². The van der Waals surface area contributed by atoms with Gasteiger partial charge in [0.15, 0.2) is 0 Å². The highest BCUT2D eigenvalue weighted by Crippen LogP contribution is 2.20. The fourth-order valence-electron chi connectivity index (χ4n) is 1.28. The van der Waals surface area contributed by atoms with Gasteiger partial charge in [0.2, 0.25) is 0 Å². The summed E-state index contributed by atoms with van der Waals surface area (Å²) in [6, 6.07) is 1.10. The van der Waals surface area contributed by atoms with Crippen LogP contribution >= 0.6 is 27.3 Å². The minimum Gasteiger partial charge on any atom is -0.467 e. The molecule has 17 heavy (non-hydrogen) atoms. The van der Waals surface area contributed by atoms with Crippen LogP contribution in [0.1, 0.15) is 24.2 Å². The van der Waals surface area contributed by atoms with Gasteiger partial charge in [-0.2, -0.15) is 0 Å². The number of methoxy groups -OCH3 is 1. The monoisotopic (exact) mass is 319 g/mol. The van der Waals surface area contributed by atoms with Gasteiger partial charge in [0.05, 0.1) is 16.5 Å². The van der Waals surface area contributed by atoms with Crippen LogP contribution in [0.5, 0.6) is 0 Å². The number of amides is 1. The quantitative estimate of drug-likeness (QED) is 0.867. The lowest BCUT2D eigenvalue weighted by atomic mass is 10.0. The first-order valence-electron chi connectivity index (χ1n) is 5.08. The maximum atomic E-state index is 11.9. The van der Waals surface area contributed by atoms with E-state index in [-0.39, 0.29) is 11.8 Å². The molecule has 1 aromatic rings. The lowest BCUT2D eigenvalue weighted by molar-refractivity contribution is -0.144. The molecule has 1 heterocycles. The van der Waals surface area contributed by atoms with Gasteiger partial charge in [0, 0.05) is 5.38 Å². The molecular formula is C11H14BrNO3S. The van der Waals surface area contributed by atoms with E-state index in [1.807, 2.05) is 13.8 Å². The third-order valence-electron chi connectivity index (χ3n) is 2.24. The second-order valence-corrected chi connectivity index (χ2v) is 6.15. The summed E-state index contributed by atoms with van der Waals surface area (Å²) in [6.45, 7) is 3.71. The van der Waals surface area contributed by atoms with E-state index >= 15 is 0 Å². The zero-order chi connectivity index (χ0) is 13.0. The molecule has 1 N–H and O–H groups in total. The first kappa shape index (κ1) is 14.2. The van der Waals surface area contributed by atoms with Gasteiger partial charge in [-0.1, -0.05) is 13.8 Å². The Labute approximate surface area is 112 Å². The Morgan fingerprint density at radius 1 is 1.47 bits per heavy atom. The topological polar surface area (TPSA) is 55.4 Å². The number of hydrogen-bond acceptors (Lipinski definition) is 4. The minimum absolute atomic E-state index is 0.0199. The summed E-state index contributed by atoms with van der Waals surface area (Å²) < 4.78 is 5.53. The maximum Gasteiger partial charge on any atom is 0.328 e. The van der Waals surface area contributed by atoms with Crippen molar-refractivity contribution in [1.29, 1.82) is 0 Å². The smallest absolute Gasteiger partial charge is 0.328 e. The molecule has 0 aliphatic heterocycles. The van der Waals surface area contributed by atoms with Crippen molar-refractivity contribution < 1.29 is 14.3 Å². The lowest BCUT2D eigenvalue weighted by Gasteiger charge is -2.19. The Morgan fingerprint density at radius 2 is 2.12 bits per heavy atom. The van der Waals surface area contributed by atoms with Crippen molar-refractivity contribution in [3.8, 4) is 0 Å². The average Bonchev–Trinajstić information content (AvgIpc) is 2.71. The number of carbonyl (C=O) groups excluding carboxylic acids is 2. The number of nitrogens with one attached hydrogen (secondary N) is 1. The molecule has 0 unspecified atom stereocenters. The zero-order valence-corrected chi connectivity index (χ0v) is 12.2. The third-order valence-corrected chi connectivity index (χ3v) is 3.74. The third kappa shape index (κ3) is 3.81. The van der Waals surface area contributed by atoms with E-state index in [1.165, 1.54) is 18.4 Å². The molecule has 1 aromatic heterocycles. The molecule has 6 heteroatoms. The van der Waals surface area contributed by atoms with Crippen molar-refractivity contribution in [2.24, 2.45) is 5.92 Å². The molecule has 4 nitrogen and oxygen atoms in total. The highest BCUT2D eigenvalue weighted by molar-refractivity contribution is 9.11. The number of rotatable bonds is 4. The van der Waals surface area contributed by atoms with E-state index in [2.05, 4.69) is 26.0 Å². The van der Waals surface area contributed by atoms with E-state index in [1.54, 1.807) is 11.4 Å². The Hall–Kier alpha value is -0.880. The van der Waals surface area contributed by atoms with Gasteiger partial charge in [0.1, 0.15) is 6.04 Å². The van der Waals surface area contributed by atoms with E-state index in [4.69, 9.17) is 0 Å². The Kier molecular flexibility index (Phi) is 5.14. The normalized spacial score (nSPS) is 12.3. The number of ether oxygens (including phenoxy) is 1. The Balaban J connectivity index is 2.74. The molecule has 1 atom stereocenters. The van der Waals surface area contributed by atoms with E-state index in [0.29, 0.717) is 5.56 Å². The van der Waals surface area contributed by atoms with Crippen LogP contribution in [0.2, 0.25) is 0 Å². The lowest BCUT2D eigenvalue weighted by Crippen LogP contribution is -2.44. The summed E-state index contributed by atoms with van der Waals surface area (Å²) in [5, 5.41) is 4.40. The molecule has 0 bridgehead atoms. The van der Waals surface area contributed by atoms with Gasteiger partial charge in [-0.15, -0.1) is 11.3 Å². The summed E-state index contributed by atoms with van der Waals surface area (Å²) >= 11 is 4.71. The first-order valence-corrected chi connectivity index (χ1v) is 6.75. The largest absolute Gasteiger partial charge is 0.467 e. The molecular weight excluding hydrogens is 306 g/mol. The molecule has 0 aliphatic carbocycles. The number of carbonyl (C=O) groups is 2. The maximum absolute atomic E-state index is 11.9. The highest BCUT2D eigenvalue weighted by atomic mass is 79.9. The number of hydrogen-bond donors (Lipinski definition) is 1. The van der Waals surface area contributed by atoms with Gasteiger partial charge in [0.25, 0.3) is 5.91 Å². The van der Waals surface area contributed by atoms with Crippen LogP contribution in [0.25, 0.3) is 0 Å². The second-order valence-electron chi connectivity index (χ2n) is 3.86. The van der Waals surface area contributed by atoms with Crippen LogP contribution in [-0.2, 0) is 9.53 Å². The van der Waals surface area contributed by atoms with Crippen LogP contribution in [0.15, 0.2) is 15.2 Å². The molecule has 0 radical (unpaired) electrons. The van der Waals surface area contributed by atoms with Crippen molar-refractivity contribution in [3.63, 3.8) is 0 Å². The Morgan fingerprint density at radius 3 is 2.53 bits per heavy atom. The molecule has 0 aliphatic rings. The summed E-state index contributed by atoms with van der Waals surface area (Å²) in [6.07, 6.45) is 0. The van der Waals surface area contributed by atoms with Gasteiger partial charge >= 0.3 is 5.97 Å². The molecule has 0 spiro atoms. The number of esters is 1. The summed E-state index contributed by atoms with van der Waals surface area (Å²) in [5.41, 5.74) is 0.538. The van der Waals surface area contributed by atoms with Crippen LogP contribution < -0.4 is 5.32 Å². The van der Waals surface area contributed by atoms with Gasteiger partial charge in [-0.25, -0.2) is 4.79 Å². The first-order chi connectivity index (χ1) is 7.95. The molecule has 0 fully saturated rings. The van der Waals surface area contributed by atoms with Crippen LogP contribution in [0.3, 0.4) is 0 Å². The molecule has 94 valence electrons. The van der Waals surface area contributed by atoms with Gasteiger partial charge in [-0.05, 0) is 27.9 Å². The van der Waals surface area contributed by atoms with Gasteiger partial charge < -0.3 is 10.1 Å². The predicted molar refractivity (Wildman–Crippen MR) is 70.1 cm³/mol. The van der Waals surface area contributed by atoms with E-state index in [0.717, 1.165) is 3.79 Å².